The number of fused-ring (bicyclic) bond motifs is 1. The largest absolute Gasteiger partial charge is 0.365 e. The molecule has 1 unspecified atom stereocenters. The lowest BCUT2D eigenvalue weighted by molar-refractivity contribution is 0.476. The topological polar surface area (TPSA) is 3.24 Å². The number of hydrogen-bond acceptors (Lipinski definition) is 1. The van der Waals surface area contributed by atoms with E-state index in [0.29, 0.717) is 0 Å². The van der Waals surface area contributed by atoms with Gasteiger partial charge in [-0.2, -0.15) is 0 Å². The maximum Gasteiger partial charge on any atom is 0.0559 e. The molecule has 0 bridgehead atoms. The first-order chi connectivity index (χ1) is 9.62. The molecule has 1 heteroatoms. The van der Waals surface area contributed by atoms with Gasteiger partial charge in [-0.25, -0.2) is 0 Å². The van der Waals surface area contributed by atoms with Crippen molar-refractivity contribution in [2.45, 2.75) is 64.8 Å². The second kappa shape index (κ2) is 6.47. The van der Waals surface area contributed by atoms with E-state index >= 15 is 0 Å². The zero-order valence-corrected chi connectivity index (χ0v) is 13.6. The summed E-state index contributed by atoms with van der Waals surface area (Å²) >= 11 is 0. The third-order valence-electron chi connectivity index (χ3n) is 4.70. The Bertz CT molecular complexity index is 474. The van der Waals surface area contributed by atoms with Crippen molar-refractivity contribution in [2.24, 2.45) is 0 Å². The summed E-state index contributed by atoms with van der Waals surface area (Å²) in [5.41, 5.74) is 4.57. The highest BCUT2D eigenvalue weighted by Gasteiger charge is 2.32. The van der Waals surface area contributed by atoms with Crippen LogP contribution in [0.25, 0.3) is 5.57 Å². The number of unbranched alkanes of at least 4 members (excludes halogenated alkanes) is 2. The quantitative estimate of drug-likeness (QED) is 0.645. The zero-order chi connectivity index (χ0) is 14.6. The number of allylic oxidation sites excluding steroid dienone is 1. The van der Waals surface area contributed by atoms with E-state index in [1.807, 2.05) is 0 Å². The summed E-state index contributed by atoms with van der Waals surface area (Å²) in [4.78, 5) is 2.48. The SMILES string of the molecule is CCCCC1=CC(C)(CCCC)N(C)c2ccccc21. The van der Waals surface area contributed by atoms with Crippen molar-refractivity contribution in [1.29, 1.82) is 0 Å². The third kappa shape index (κ3) is 2.92. The Morgan fingerprint density at radius 1 is 1.05 bits per heavy atom. The van der Waals surface area contributed by atoms with Gasteiger partial charge in [-0.1, -0.05) is 57.4 Å². The molecule has 0 aromatic heterocycles. The monoisotopic (exact) mass is 271 g/mol. The van der Waals surface area contributed by atoms with Gasteiger partial charge in [0.2, 0.25) is 0 Å². The predicted molar refractivity (Wildman–Crippen MR) is 90.3 cm³/mol. The smallest absolute Gasteiger partial charge is 0.0559 e. The van der Waals surface area contributed by atoms with E-state index in [4.69, 9.17) is 0 Å². The molecule has 0 N–H and O–H groups in total. The maximum atomic E-state index is 2.54. The lowest BCUT2D eigenvalue weighted by Crippen LogP contribution is -2.44. The number of anilines is 1. The molecule has 2 rings (SSSR count). The van der Waals surface area contributed by atoms with E-state index in [1.54, 1.807) is 5.57 Å². The number of nitrogens with zero attached hydrogens (tertiary/aromatic N) is 1. The highest BCUT2D eigenvalue weighted by Crippen LogP contribution is 2.41. The molecule has 1 aliphatic heterocycles. The van der Waals surface area contributed by atoms with E-state index in [9.17, 15) is 0 Å². The first kappa shape index (κ1) is 15.2. The van der Waals surface area contributed by atoms with Crippen LogP contribution in [0.1, 0.15) is 64.9 Å². The van der Waals surface area contributed by atoms with Crippen LogP contribution in [0.3, 0.4) is 0 Å². The first-order valence-electron chi connectivity index (χ1n) is 8.17. The highest BCUT2D eigenvalue weighted by molar-refractivity contribution is 5.81. The van der Waals surface area contributed by atoms with Crippen molar-refractivity contribution < 1.29 is 0 Å². The Morgan fingerprint density at radius 2 is 1.75 bits per heavy atom. The van der Waals surface area contributed by atoms with Crippen LogP contribution in [0.4, 0.5) is 5.69 Å². The highest BCUT2D eigenvalue weighted by atomic mass is 15.2. The minimum atomic E-state index is 0.174. The molecular weight excluding hydrogens is 242 g/mol. The van der Waals surface area contributed by atoms with Crippen LogP contribution in [0, 0.1) is 0 Å². The molecule has 110 valence electrons. The summed E-state index contributed by atoms with van der Waals surface area (Å²) in [7, 11) is 2.25. The van der Waals surface area contributed by atoms with Crippen molar-refractivity contribution in [3.63, 3.8) is 0 Å². The van der Waals surface area contributed by atoms with Crippen molar-refractivity contribution in [2.75, 3.05) is 11.9 Å². The molecule has 1 nitrogen and oxygen atoms in total. The summed E-state index contributed by atoms with van der Waals surface area (Å²) in [5, 5.41) is 0. The number of benzene rings is 1. The summed E-state index contributed by atoms with van der Waals surface area (Å²) < 4.78 is 0. The summed E-state index contributed by atoms with van der Waals surface area (Å²) in [5.74, 6) is 0. The number of rotatable bonds is 6. The van der Waals surface area contributed by atoms with Crippen LogP contribution < -0.4 is 4.90 Å². The normalized spacial score (nSPS) is 21.6. The molecule has 1 aromatic carbocycles. The van der Waals surface area contributed by atoms with Crippen LogP contribution in [0.5, 0.6) is 0 Å². The molecule has 1 heterocycles. The van der Waals surface area contributed by atoms with Gasteiger partial charge < -0.3 is 4.90 Å². The molecule has 1 aliphatic rings. The third-order valence-corrected chi connectivity index (χ3v) is 4.70. The standard InChI is InChI=1S/C19H29N/c1-5-7-11-16-15-19(3,14-8-6-2)20(4)18-13-10-9-12-17(16)18/h9-10,12-13,15H,5-8,11,14H2,1-4H3. The van der Waals surface area contributed by atoms with Crippen LogP contribution in [-0.4, -0.2) is 12.6 Å². The Kier molecular flexibility index (Phi) is 4.91. The van der Waals surface area contributed by atoms with Crippen LogP contribution in [0.15, 0.2) is 30.3 Å². The van der Waals surface area contributed by atoms with E-state index in [0.717, 1.165) is 0 Å². The molecule has 0 radical (unpaired) electrons. The second-order valence-corrected chi connectivity index (χ2v) is 6.31. The first-order valence-corrected chi connectivity index (χ1v) is 8.17. The molecule has 0 fully saturated rings. The van der Waals surface area contributed by atoms with Gasteiger partial charge in [-0.05, 0) is 37.8 Å². The van der Waals surface area contributed by atoms with E-state index in [-0.39, 0.29) is 5.54 Å². The fourth-order valence-corrected chi connectivity index (χ4v) is 3.21. The van der Waals surface area contributed by atoms with Gasteiger partial charge >= 0.3 is 0 Å². The van der Waals surface area contributed by atoms with Gasteiger partial charge in [-0.15, -0.1) is 0 Å². The molecule has 0 aliphatic carbocycles. The van der Waals surface area contributed by atoms with Crippen molar-refractivity contribution >= 4 is 11.3 Å². The molecule has 0 amide bonds. The molecule has 0 saturated carbocycles. The van der Waals surface area contributed by atoms with Crippen LogP contribution in [0.2, 0.25) is 0 Å². The fourth-order valence-electron chi connectivity index (χ4n) is 3.21. The average Bonchev–Trinajstić information content (AvgIpc) is 2.48. The molecule has 20 heavy (non-hydrogen) atoms. The number of para-hydroxylation sites is 1. The molecule has 0 spiro atoms. The molecule has 0 saturated heterocycles. The van der Waals surface area contributed by atoms with Gasteiger partial charge in [-0.3, -0.25) is 0 Å². The maximum absolute atomic E-state index is 2.54. The second-order valence-electron chi connectivity index (χ2n) is 6.31. The Balaban J connectivity index is 2.38. The van der Waals surface area contributed by atoms with Gasteiger partial charge in [0.25, 0.3) is 0 Å². The van der Waals surface area contributed by atoms with E-state index in [2.05, 4.69) is 63.1 Å². The van der Waals surface area contributed by atoms with Crippen molar-refractivity contribution in [3.8, 4) is 0 Å². The Hall–Kier alpha value is -1.24. The van der Waals surface area contributed by atoms with E-state index < -0.39 is 0 Å². The van der Waals surface area contributed by atoms with E-state index in [1.165, 1.54) is 49.8 Å². The molecule has 1 aromatic rings. The Labute approximate surface area is 124 Å². The van der Waals surface area contributed by atoms with Gasteiger partial charge in [0.1, 0.15) is 0 Å². The number of hydrogen-bond donors (Lipinski definition) is 0. The lowest BCUT2D eigenvalue weighted by Gasteiger charge is -2.44. The fraction of sp³-hybridized carbons (Fsp3) is 0.579. The molecule has 1 atom stereocenters. The lowest BCUT2D eigenvalue weighted by atomic mass is 9.82. The Morgan fingerprint density at radius 3 is 2.45 bits per heavy atom. The van der Waals surface area contributed by atoms with Crippen molar-refractivity contribution in [3.05, 3.63) is 35.9 Å². The zero-order valence-electron chi connectivity index (χ0n) is 13.6. The average molecular weight is 271 g/mol. The van der Waals surface area contributed by atoms with Gasteiger partial charge in [0, 0.05) is 18.3 Å². The minimum absolute atomic E-state index is 0.174. The summed E-state index contributed by atoms with van der Waals surface area (Å²) in [6.45, 7) is 6.95. The summed E-state index contributed by atoms with van der Waals surface area (Å²) in [6, 6.07) is 8.89. The minimum Gasteiger partial charge on any atom is -0.365 e. The van der Waals surface area contributed by atoms with Crippen LogP contribution in [-0.2, 0) is 0 Å². The predicted octanol–water partition coefficient (Wildman–Crippen LogP) is 5.66. The van der Waals surface area contributed by atoms with Crippen LogP contribution >= 0.6 is 0 Å². The molecular formula is C19H29N. The van der Waals surface area contributed by atoms with Gasteiger partial charge in [0.05, 0.1) is 5.54 Å². The van der Waals surface area contributed by atoms with Gasteiger partial charge in [0.15, 0.2) is 0 Å². The summed E-state index contributed by atoms with van der Waals surface area (Å²) in [6.07, 6.45) is 10.1. The van der Waals surface area contributed by atoms with Crippen molar-refractivity contribution in [1.82, 2.24) is 0 Å². The number of likely N-dealkylation sites (N-methyl/N-ethyl adjacent to an activating group) is 1.